The van der Waals surface area contributed by atoms with Gasteiger partial charge in [0.25, 0.3) is 0 Å². The van der Waals surface area contributed by atoms with Gasteiger partial charge in [0.15, 0.2) is 6.10 Å². The lowest BCUT2D eigenvalue weighted by atomic mass is 10.1. The van der Waals surface area contributed by atoms with E-state index in [9.17, 15) is 23.8 Å². The highest BCUT2D eigenvalue weighted by Gasteiger charge is 2.27. The molecule has 1 N–H and O–H groups in total. The van der Waals surface area contributed by atoms with Crippen LogP contribution in [0.25, 0.3) is 0 Å². The standard InChI is InChI=1S/C38H68NO9P/c1-5-6-7-8-9-10-11-12-14-18-21-24-27-30-38(42)48-36(35-47-49(43,44)46-33-31-39(2,3)4)34-45-37(41)29-26-23-20-17-15-13-16-19-22-25-28-32-40/h10-11,13,16,22,25,32,36H,5-9,12,14-15,17-21,23-24,26-31,33-35H2,1-4H3/p+1/b11-10-,16-13+,25-22+/t36-/m1/s1. The first kappa shape index (κ1) is 46.9. The first-order valence-corrected chi connectivity index (χ1v) is 20.1. The fraction of sp³-hybridized carbons (Fsp3) is 0.763. The van der Waals surface area contributed by atoms with Gasteiger partial charge in [-0.2, -0.15) is 0 Å². The Morgan fingerprint density at radius 1 is 0.673 bits per heavy atom. The highest BCUT2D eigenvalue weighted by atomic mass is 31.2. The summed E-state index contributed by atoms with van der Waals surface area (Å²) in [5.41, 5.74) is 0. The number of rotatable bonds is 34. The Morgan fingerprint density at radius 3 is 1.78 bits per heavy atom. The van der Waals surface area contributed by atoms with Crippen molar-refractivity contribution in [3.05, 3.63) is 36.5 Å². The quantitative estimate of drug-likeness (QED) is 0.0174. The van der Waals surface area contributed by atoms with Crippen LogP contribution < -0.4 is 0 Å². The van der Waals surface area contributed by atoms with E-state index in [2.05, 4.69) is 31.2 Å². The Hall–Kier alpha value is -2.10. The van der Waals surface area contributed by atoms with Gasteiger partial charge in [0.1, 0.15) is 26.0 Å². The summed E-state index contributed by atoms with van der Waals surface area (Å²) in [7, 11) is 1.42. The second kappa shape index (κ2) is 31.9. The summed E-state index contributed by atoms with van der Waals surface area (Å²) in [4.78, 5) is 45.4. The Bertz CT molecular complexity index is 975. The molecule has 0 saturated carbocycles. The number of hydrogen-bond acceptors (Lipinski definition) is 8. The normalized spacial score (nSPS) is 14.1. The largest absolute Gasteiger partial charge is 0.472 e. The Balaban J connectivity index is 4.50. The number of likely N-dealkylation sites (N-methyl/N-ethyl adjacent to an activating group) is 1. The molecule has 1 unspecified atom stereocenters. The van der Waals surface area contributed by atoms with Gasteiger partial charge in [0.2, 0.25) is 0 Å². The fourth-order valence-electron chi connectivity index (χ4n) is 4.68. The summed E-state index contributed by atoms with van der Waals surface area (Å²) in [6, 6.07) is 0. The Kier molecular flexibility index (Phi) is 30.5. The Labute approximate surface area is 297 Å². The van der Waals surface area contributed by atoms with E-state index in [0.29, 0.717) is 30.3 Å². The average Bonchev–Trinajstić information content (AvgIpc) is 3.04. The molecule has 0 aromatic carbocycles. The molecule has 0 saturated heterocycles. The number of esters is 2. The lowest BCUT2D eigenvalue weighted by molar-refractivity contribution is -0.870. The minimum Gasteiger partial charge on any atom is -0.462 e. The third kappa shape index (κ3) is 35.5. The number of unbranched alkanes of at least 4 members (excludes halogenated alkanes) is 13. The first-order valence-electron chi connectivity index (χ1n) is 18.6. The number of quaternary nitrogens is 1. The van der Waals surface area contributed by atoms with Gasteiger partial charge in [-0.1, -0.05) is 94.7 Å². The summed E-state index contributed by atoms with van der Waals surface area (Å²) in [5.74, 6) is -0.874. The molecule has 49 heavy (non-hydrogen) atoms. The van der Waals surface area contributed by atoms with Crippen molar-refractivity contribution in [2.45, 2.75) is 141 Å². The zero-order chi connectivity index (χ0) is 36.5. The number of nitrogens with zero attached hydrogens (tertiary/aromatic N) is 1. The molecule has 0 aliphatic rings. The lowest BCUT2D eigenvalue weighted by Gasteiger charge is -2.24. The number of phosphoric ester groups is 1. The van der Waals surface area contributed by atoms with Gasteiger partial charge >= 0.3 is 19.8 Å². The molecule has 0 radical (unpaired) electrons. The van der Waals surface area contributed by atoms with Gasteiger partial charge in [0, 0.05) is 19.3 Å². The van der Waals surface area contributed by atoms with E-state index in [1.54, 1.807) is 0 Å². The predicted molar refractivity (Wildman–Crippen MR) is 197 cm³/mol. The smallest absolute Gasteiger partial charge is 0.462 e. The van der Waals surface area contributed by atoms with Crippen LogP contribution in [0, 0.1) is 0 Å². The number of allylic oxidation sites excluding steroid dienone is 6. The van der Waals surface area contributed by atoms with Crippen molar-refractivity contribution in [1.82, 2.24) is 0 Å². The summed E-state index contributed by atoms with van der Waals surface area (Å²) in [6.07, 6.45) is 31.0. The minimum atomic E-state index is -4.38. The molecular weight excluding hydrogens is 645 g/mol. The zero-order valence-electron chi connectivity index (χ0n) is 31.2. The molecule has 0 amide bonds. The SMILES string of the molecule is CCCCCC/C=C\CCCCCCCC(=O)O[C@H](COC(=O)CCCCCC/C=C/C/C=C/CC=O)COP(=O)(O)OCC[N+](C)(C)C. The summed E-state index contributed by atoms with van der Waals surface area (Å²) in [5, 5.41) is 0. The fourth-order valence-corrected chi connectivity index (χ4v) is 5.42. The first-order chi connectivity index (χ1) is 23.5. The van der Waals surface area contributed by atoms with E-state index in [1.807, 2.05) is 33.3 Å². The molecule has 11 heteroatoms. The Morgan fingerprint density at radius 2 is 1.18 bits per heavy atom. The monoisotopic (exact) mass is 714 g/mol. The van der Waals surface area contributed by atoms with Crippen LogP contribution in [0.4, 0.5) is 0 Å². The van der Waals surface area contributed by atoms with Crippen LogP contribution in [0.2, 0.25) is 0 Å². The maximum absolute atomic E-state index is 12.6. The number of carbonyl (C=O) groups excluding carboxylic acids is 3. The maximum Gasteiger partial charge on any atom is 0.472 e. The molecule has 284 valence electrons. The van der Waals surface area contributed by atoms with Crippen molar-refractivity contribution >= 4 is 26.0 Å². The van der Waals surface area contributed by atoms with Crippen molar-refractivity contribution in [2.24, 2.45) is 0 Å². The van der Waals surface area contributed by atoms with Crippen molar-refractivity contribution in [1.29, 1.82) is 0 Å². The van der Waals surface area contributed by atoms with E-state index in [0.717, 1.165) is 76.9 Å². The van der Waals surface area contributed by atoms with E-state index in [4.69, 9.17) is 18.5 Å². The van der Waals surface area contributed by atoms with Crippen LogP contribution in [0.5, 0.6) is 0 Å². The summed E-state index contributed by atoms with van der Waals surface area (Å²) in [6.45, 7) is 2.05. The van der Waals surface area contributed by atoms with Crippen LogP contribution in [0.1, 0.15) is 135 Å². The summed E-state index contributed by atoms with van der Waals surface area (Å²) < 4.78 is 34.0. The highest BCUT2D eigenvalue weighted by Crippen LogP contribution is 2.43. The molecule has 0 aromatic rings. The average molecular weight is 715 g/mol. The van der Waals surface area contributed by atoms with Gasteiger partial charge in [-0.25, -0.2) is 4.57 Å². The lowest BCUT2D eigenvalue weighted by Crippen LogP contribution is -2.37. The zero-order valence-corrected chi connectivity index (χ0v) is 32.1. The van der Waals surface area contributed by atoms with Crippen LogP contribution >= 0.6 is 7.82 Å². The topological polar surface area (TPSA) is 125 Å². The van der Waals surface area contributed by atoms with E-state index in [-0.39, 0.29) is 26.1 Å². The van der Waals surface area contributed by atoms with Gasteiger partial charge in [0.05, 0.1) is 27.7 Å². The second-order valence-electron chi connectivity index (χ2n) is 13.6. The van der Waals surface area contributed by atoms with E-state index < -0.39 is 32.5 Å². The van der Waals surface area contributed by atoms with Crippen molar-refractivity contribution in [2.75, 3.05) is 47.5 Å². The molecule has 0 heterocycles. The molecule has 2 atom stereocenters. The third-order valence-electron chi connectivity index (χ3n) is 7.65. The second-order valence-corrected chi connectivity index (χ2v) is 15.0. The van der Waals surface area contributed by atoms with E-state index >= 15 is 0 Å². The molecule has 0 fully saturated rings. The van der Waals surface area contributed by atoms with Crippen molar-refractivity contribution in [3.63, 3.8) is 0 Å². The van der Waals surface area contributed by atoms with Gasteiger partial charge in [-0.05, 0) is 57.8 Å². The number of ether oxygens (including phenoxy) is 2. The third-order valence-corrected chi connectivity index (χ3v) is 8.63. The molecule has 0 spiro atoms. The van der Waals surface area contributed by atoms with E-state index in [1.165, 1.54) is 25.7 Å². The maximum atomic E-state index is 12.6. The molecule has 0 rings (SSSR count). The van der Waals surface area contributed by atoms with Gasteiger partial charge < -0.3 is 23.6 Å². The van der Waals surface area contributed by atoms with Crippen LogP contribution in [-0.4, -0.2) is 81.2 Å². The molecule has 0 bridgehead atoms. The molecule has 0 aliphatic heterocycles. The van der Waals surface area contributed by atoms with Crippen LogP contribution in [0.15, 0.2) is 36.5 Å². The summed E-state index contributed by atoms with van der Waals surface area (Å²) >= 11 is 0. The molecular formula is C38H69NO9P+. The predicted octanol–water partition coefficient (Wildman–Crippen LogP) is 8.97. The number of phosphoric acid groups is 1. The molecule has 0 aliphatic carbocycles. The van der Waals surface area contributed by atoms with Gasteiger partial charge in [-0.15, -0.1) is 0 Å². The number of carbonyl (C=O) groups is 3. The van der Waals surface area contributed by atoms with Crippen LogP contribution in [0.3, 0.4) is 0 Å². The molecule has 10 nitrogen and oxygen atoms in total. The van der Waals surface area contributed by atoms with Crippen LogP contribution in [-0.2, 0) is 37.5 Å². The minimum absolute atomic E-state index is 0.0160. The van der Waals surface area contributed by atoms with Crippen molar-refractivity contribution in [3.8, 4) is 0 Å². The van der Waals surface area contributed by atoms with Crippen molar-refractivity contribution < 1.29 is 46.8 Å². The number of aldehydes is 1. The van der Waals surface area contributed by atoms with Gasteiger partial charge in [-0.3, -0.25) is 18.6 Å². The highest BCUT2D eigenvalue weighted by molar-refractivity contribution is 7.47. The number of hydrogen-bond donors (Lipinski definition) is 1. The molecule has 0 aromatic heterocycles.